The first-order valence-electron chi connectivity index (χ1n) is 9.40. The number of para-hydroxylation sites is 1. The van der Waals surface area contributed by atoms with Crippen LogP contribution in [0.2, 0.25) is 0 Å². The molecular weight excluding hydrogens is 400 g/mol. The largest absolute Gasteiger partial charge is 0.497 e. The molecule has 0 bridgehead atoms. The summed E-state index contributed by atoms with van der Waals surface area (Å²) in [7, 11) is -2.47. The first-order chi connectivity index (χ1) is 14.3. The molecule has 0 radical (unpaired) electrons. The number of nitrogens with zero attached hydrogens (tertiary/aromatic N) is 1. The van der Waals surface area contributed by atoms with E-state index in [1.165, 1.54) is 19.2 Å². The van der Waals surface area contributed by atoms with Crippen LogP contribution >= 0.6 is 0 Å². The number of sulfonamides is 1. The Morgan fingerprint density at radius 1 is 0.967 bits per heavy atom. The summed E-state index contributed by atoms with van der Waals surface area (Å²) in [5.41, 5.74) is 2.81. The molecule has 0 aliphatic heterocycles. The van der Waals surface area contributed by atoms with Gasteiger partial charge in [-0.2, -0.15) is 0 Å². The molecule has 156 valence electrons. The predicted octanol–water partition coefficient (Wildman–Crippen LogP) is 4.15. The van der Waals surface area contributed by atoms with Crippen molar-refractivity contribution in [1.82, 2.24) is 0 Å². The van der Waals surface area contributed by atoms with Crippen molar-refractivity contribution in [2.45, 2.75) is 18.7 Å². The van der Waals surface area contributed by atoms with Gasteiger partial charge in [0.2, 0.25) is 5.91 Å². The third-order valence-corrected chi connectivity index (χ3v) is 6.44. The number of carbonyl (C=O) groups excluding carboxylic acids is 1. The minimum atomic E-state index is -3.98. The van der Waals surface area contributed by atoms with Gasteiger partial charge in [0.15, 0.2) is 0 Å². The number of benzene rings is 3. The molecule has 0 saturated heterocycles. The maximum Gasteiger partial charge on any atom is 0.264 e. The van der Waals surface area contributed by atoms with Crippen LogP contribution < -0.4 is 14.4 Å². The Balaban J connectivity index is 1.98. The molecule has 0 aromatic heterocycles. The molecule has 3 aromatic rings. The highest BCUT2D eigenvalue weighted by Crippen LogP contribution is 2.27. The summed E-state index contributed by atoms with van der Waals surface area (Å²) in [6.07, 6.45) is 0. The highest BCUT2D eigenvalue weighted by Gasteiger charge is 2.27. The molecule has 3 aromatic carbocycles. The third-order valence-electron chi connectivity index (χ3n) is 4.66. The molecule has 0 fully saturated rings. The highest BCUT2D eigenvalue weighted by atomic mass is 32.2. The van der Waals surface area contributed by atoms with E-state index in [1.807, 2.05) is 32.0 Å². The molecule has 0 saturated carbocycles. The van der Waals surface area contributed by atoms with Gasteiger partial charge in [0.1, 0.15) is 12.3 Å². The topological polar surface area (TPSA) is 75.7 Å². The fourth-order valence-corrected chi connectivity index (χ4v) is 4.36. The number of anilines is 2. The SMILES string of the molecule is COc1cccc(N(CC(=O)Nc2ccccc2C)S(=O)(=O)c2ccc(C)cc2)c1. The lowest BCUT2D eigenvalue weighted by Gasteiger charge is -2.24. The van der Waals surface area contributed by atoms with Gasteiger partial charge in [-0.3, -0.25) is 9.10 Å². The van der Waals surface area contributed by atoms with Crippen molar-refractivity contribution in [3.05, 3.63) is 83.9 Å². The second-order valence-corrected chi connectivity index (χ2v) is 8.75. The Kier molecular flexibility index (Phi) is 6.42. The predicted molar refractivity (Wildman–Crippen MR) is 119 cm³/mol. The standard InChI is InChI=1S/C23H24N2O4S/c1-17-11-13-21(14-12-17)30(27,28)25(19-8-6-9-20(15-19)29-3)16-23(26)24-22-10-5-4-7-18(22)2/h4-15H,16H2,1-3H3,(H,24,26). The minimum absolute atomic E-state index is 0.111. The van der Waals surface area contributed by atoms with Gasteiger partial charge in [-0.05, 0) is 49.7 Å². The van der Waals surface area contributed by atoms with Gasteiger partial charge >= 0.3 is 0 Å². The van der Waals surface area contributed by atoms with Crippen LogP contribution in [-0.2, 0) is 14.8 Å². The summed E-state index contributed by atoms with van der Waals surface area (Å²) in [4.78, 5) is 12.9. The van der Waals surface area contributed by atoms with Crippen molar-refractivity contribution in [2.75, 3.05) is 23.3 Å². The molecule has 0 atom stereocenters. The summed E-state index contributed by atoms with van der Waals surface area (Å²) in [5.74, 6) is 0.0544. The third kappa shape index (κ3) is 4.80. The van der Waals surface area contributed by atoms with Crippen LogP contribution in [0.5, 0.6) is 5.75 Å². The summed E-state index contributed by atoms with van der Waals surface area (Å²) in [6.45, 7) is 3.38. The Morgan fingerprint density at radius 2 is 1.67 bits per heavy atom. The number of carbonyl (C=O) groups is 1. The van der Waals surface area contributed by atoms with Crippen LogP contribution in [0.1, 0.15) is 11.1 Å². The minimum Gasteiger partial charge on any atom is -0.497 e. The smallest absolute Gasteiger partial charge is 0.264 e. The Bertz CT molecular complexity index is 1140. The molecule has 0 unspecified atom stereocenters. The number of nitrogens with one attached hydrogen (secondary N) is 1. The van der Waals surface area contributed by atoms with Gasteiger partial charge in [0.25, 0.3) is 10.0 Å². The Labute approximate surface area is 177 Å². The van der Waals surface area contributed by atoms with Crippen molar-refractivity contribution < 1.29 is 17.9 Å². The van der Waals surface area contributed by atoms with Crippen molar-refractivity contribution in [3.8, 4) is 5.75 Å². The fraction of sp³-hybridized carbons (Fsp3) is 0.174. The Morgan fingerprint density at radius 3 is 2.33 bits per heavy atom. The lowest BCUT2D eigenvalue weighted by atomic mass is 10.2. The zero-order chi connectivity index (χ0) is 21.7. The van der Waals surface area contributed by atoms with E-state index in [0.29, 0.717) is 17.1 Å². The van der Waals surface area contributed by atoms with E-state index in [-0.39, 0.29) is 11.4 Å². The van der Waals surface area contributed by atoms with Crippen molar-refractivity contribution in [1.29, 1.82) is 0 Å². The lowest BCUT2D eigenvalue weighted by Crippen LogP contribution is -2.38. The maximum atomic E-state index is 13.4. The van der Waals surface area contributed by atoms with Gasteiger partial charge in [-0.15, -0.1) is 0 Å². The monoisotopic (exact) mass is 424 g/mol. The van der Waals surface area contributed by atoms with Crippen LogP contribution in [0.3, 0.4) is 0 Å². The van der Waals surface area contributed by atoms with Crippen molar-refractivity contribution >= 4 is 27.3 Å². The van der Waals surface area contributed by atoms with E-state index in [1.54, 1.807) is 42.5 Å². The quantitative estimate of drug-likeness (QED) is 0.618. The molecule has 7 heteroatoms. The van der Waals surface area contributed by atoms with Crippen LogP contribution in [-0.4, -0.2) is 28.0 Å². The number of rotatable bonds is 7. The molecule has 0 spiro atoms. The molecular formula is C23H24N2O4S. The second-order valence-electron chi connectivity index (χ2n) is 6.89. The van der Waals surface area contributed by atoms with Crippen LogP contribution in [0.15, 0.2) is 77.7 Å². The maximum absolute atomic E-state index is 13.4. The summed E-state index contributed by atoms with van der Waals surface area (Å²) < 4.78 is 33.1. The number of hydrogen-bond donors (Lipinski definition) is 1. The van der Waals surface area contributed by atoms with Crippen molar-refractivity contribution in [2.24, 2.45) is 0 Å². The van der Waals surface area contributed by atoms with E-state index < -0.39 is 15.9 Å². The van der Waals surface area contributed by atoms with Gasteiger partial charge in [0.05, 0.1) is 17.7 Å². The molecule has 1 N–H and O–H groups in total. The van der Waals surface area contributed by atoms with E-state index >= 15 is 0 Å². The highest BCUT2D eigenvalue weighted by molar-refractivity contribution is 7.92. The zero-order valence-electron chi connectivity index (χ0n) is 17.1. The van der Waals surface area contributed by atoms with Crippen LogP contribution in [0, 0.1) is 13.8 Å². The van der Waals surface area contributed by atoms with Gasteiger partial charge in [0, 0.05) is 11.8 Å². The first-order valence-corrected chi connectivity index (χ1v) is 10.8. The average Bonchev–Trinajstić information content (AvgIpc) is 2.74. The molecule has 30 heavy (non-hydrogen) atoms. The Hall–Kier alpha value is -3.32. The van der Waals surface area contributed by atoms with Gasteiger partial charge < -0.3 is 10.1 Å². The molecule has 0 aliphatic carbocycles. The van der Waals surface area contributed by atoms with E-state index in [9.17, 15) is 13.2 Å². The average molecular weight is 425 g/mol. The second kappa shape index (κ2) is 9.00. The van der Waals surface area contributed by atoms with Gasteiger partial charge in [-0.25, -0.2) is 8.42 Å². The molecule has 0 aliphatic rings. The molecule has 0 heterocycles. The summed E-state index contributed by atoms with van der Waals surface area (Å²) >= 11 is 0. The van der Waals surface area contributed by atoms with Crippen LogP contribution in [0.25, 0.3) is 0 Å². The van der Waals surface area contributed by atoms with Crippen LogP contribution in [0.4, 0.5) is 11.4 Å². The number of aryl methyl sites for hydroxylation is 2. The van der Waals surface area contributed by atoms with Crippen molar-refractivity contribution in [3.63, 3.8) is 0 Å². The van der Waals surface area contributed by atoms with E-state index in [0.717, 1.165) is 15.4 Å². The normalized spacial score (nSPS) is 11.0. The van der Waals surface area contributed by atoms with E-state index in [4.69, 9.17) is 4.74 Å². The molecule has 6 nitrogen and oxygen atoms in total. The first kappa shape index (κ1) is 21.4. The number of amides is 1. The molecule has 3 rings (SSSR count). The zero-order valence-corrected chi connectivity index (χ0v) is 17.9. The number of hydrogen-bond acceptors (Lipinski definition) is 4. The van der Waals surface area contributed by atoms with E-state index in [2.05, 4.69) is 5.32 Å². The van der Waals surface area contributed by atoms with Gasteiger partial charge in [-0.1, -0.05) is 42.0 Å². The number of ether oxygens (including phenoxy) is 1. The number of methoxy groups -OCH3 is 1. The lowest BCUT2D eigenvalue weighted by molar-refractivity contribution is -0.114. The summed E-state index contributed by atoms with van der Waals surface area (Å²) in [5, 5.41) is 2.80. The summed E-state index contributed by atoms with van der Waals surface area (Å²) in [6, 6.07) is 20.5. The molecule has 1 amide bonds. The fourth-order valence-electron chi connectivity index (χ4n) is 2.95.